The highest BCUT2D eigenvalue weighted by Gasteiger charge is 2.25. The lowest BCUT2D eigenvalue weighted by molar-refractivity contribution is 0.245. The second kappa shape index (κ2) is 9.90. The summed E-state index contributed by atoms with van der Waals surface area (Å²) in [4.78, 5) is 13.4. The summed E-state index contributed by atoms with van der Waals surface area (Å²) in [6, 6.07) is 8.06. The zero-order valence-corrected chi connectivity index (χ0v) is 19.8. The lowest BCUT2D eigenvalue weighted by Crippen LogP contribution is -2.46. The molecule has 0 unspecified atom stereocenters. The minimum Gasteiger partial charge on any atom is -0.368 e. The summed E-state index contributed by atoms with van der Waals surface area (Å²) in [5.74, 6) is 0.732. The number of benzene rings is 1. The van der Waals surface area contributed by atoms with Crippen LogP contribution in [0.5, 0.6) is 0 Å². The smallest absolute Gasteiger partial charge is 0.232 e. The second-order valence-corrected chi connectivity index (χ2v) is 9.04. The quantitative estimate of drug-likeness (QED) is 0.485. The molecule has 0 bridgehead atoms. The van der Waals surface area contributed by atoms with Crippen LogP contribution in [0.1, 0.15) is 30.4 Å². The summed E-state index contributed by atoms with van der Waals surface area (Å²) in [6.07, 6.45) is 4.08. The van der Waals surface area contributed by atoms with E-state index in [0.717, 1.165) is 51.3 Å². The summed E-state index contributed by atoms with van der Waals surface area (Å²) in [7, 11) is 0. The number of hydrogen-bond donors (Lipinski definition) is 2. The average molecular weight is 495 g/mol. The maximum absolute atomic E-state index is 12.5. The van der Waals surface area contributed by atoms with Crippen LogP contribution in [-0.2, 0) is 0 Å². The molecule has 1 saturated carbocycles. The highest BCUT2D eigenvalue weighted by Crippen LogP contribution is 2.36. The zero-order chi connectivity index (χ0) is 24.4. The van der Waals surface area contributed by atoms with Crippen molar-refractivity contribution in [3.63, 3.8) is 0 Å². The van der Waals surface area contributed by atoms with Crippen LogP contribution in [-0.4, -0.2) is 69.9 Å². The summed E-state index contributed by atoms with van der Waals surface area (Å²) in [5, 5.41) is 30.3. The first-order valence-corrected chi connectivity index (χ1v) is 11.9. The van der Waals surface area contributed by atoms with E-state index in [0.29, 0.717) is 45.9 Å². The molecule has 1 aromatic carbocycles. The normalized spacial score (nSPS) is 16.2. The van der Waals surface area contributed by atoms with Gasteiger partial charge in [-0.1, -0.05) is 11.6 Å². The van der Waals surface area contributed by atoms with Crippen LogP contribution in [0.4, 0.5) is 27.7 Å². The largest absolute Gasteiger partial charge is 0.368 e. The van der Waals surface area contributed by atoms with Crippen molar-refractivity contribution >= 4 is 40.5 Å². The molecule has 2 aliphatic rings. The van der Waals surface area contributed by atoms with Gasteiger partial charge in [0.05, 0.1) is 40.9 Å². The highest BCUT2D eigenvalue weighted by molar-refractivity contribution is 6.36. The van der Waals surface area contributed by atoms with Gasteiger partial charge in [0.2, 0.25) is 11.9 Å². The van der Waals surface area contributed by atoms with Gasteiger partial charge in [0.15, 0.2) is 5.65 Å². The maximum Gasteiger partial charge on any atom is 0.232 e. The Morgan fingerprint density at radius 3 is 2.60 bits per heavy atom. The van der Waals surface area contributed by atoms with E-state index in [1.165, 1.54) is 10.7 Å². The van der Waals surface area contributed by atoms with Crippen LogP contribution in [0.2, 0.25) is 5.02 Å². The first-order valence-electron chi connectivity index (χ1n) is 11.6. The summed E-state index contributed by atoms with van der Waals surface area (Å²) >= 11 is 6.81. The van der Waals surface area contributed by atoms with Crippen molar-refractivity contribution in [2.75, 3.05) is 54.9 Å². The van der Waals surface area contributed by atoms with Gasteiger partial charge in [0.25, 0.3) is 0 Å². The third-order valence-corrected chi connectivity index (χ3v) is 6.55. The van der Waals surface area contributed by atoms with Crippen LogP contribution in [0.3, 0.4) is 0 Å². The number of hydrogen-bond acceptors (Lipinski definition) is 9. The number of aromatic nitrogens is 4. The van der Waals surface area contributed by atoms with Gasteiger partial charge >= 0.3 is 0 Å². The van der Waals surface area contributed by atoms with Crippen LogP contribution in [0, 0.1) is 22.7 Å². The van der Waals surface area contributed by atoms with Crippen LogP contribution < -0.4 is 15.5 Å². The molecule has 0 radical (unpaired) electrons. The highest BCUT2D eigenvalue weighted by atomic mass is 35.5. The molecule has 1 aliphatic heterocycles. The Labute approximate surface area is 206 Å². The van der Waals surface area contributed by atoms with Gasteiger partial charge in [-0.15, -0.1) is 0 Å². The number of nitriles is 2. The Hall–Kier alpha value is -3.67. The van der Waals surface area contributed by atoms with Crippen molar-refractivity contribution in [2.45, 2.75) is 25.3 Å². The van der Waals surface area contributed by atoms with Crippen LogP contribution >= 0.6 is 11.6 Å². The molecule has 12 heteroatoms. The van der Waals surface area contributed by atoms with E-state index >= 15 is 0 Å². The molecule has 2 fully saturated rings. The van der Waals surface area contributed by atoms with Crippen molar-refractivity contribution in [1.29, 1.82) is 10.5 Å². The van der Waals surface area contributed by atoms with E-state index < -0.39 is 0 Å². The van der Waals surface area contributed by atoms with Gasteiger partial charge in [0, 0.05) is 38.8 Å². The minimum atomic E-state index is -0.313. The van der Waals surface area contributed by atoms with E-state index in [9.17, 15) is 14.9 Å². The molecular formula is C23H24ClFN10. The molecule has 1 aliphatic carbocycles. The first kappa shape index (κ1) is 23.1. The Balaban J connectivity index is 1.45. The van der Waals surface area contributed by atoms with Crippen molar-refractivity contribution in [3.8, 4) is 12.1 Å². The fourth-order valence-corrected chi connectivity index (χ4v) is 4.40. The van der Waals surface area contributed by atoms with E-state index in [1.807, 2.05) is 0 Å². The molecule has 3 aromatic rings. The van der Waals surface area contributed by atoms with E-state index in [4.69, 9.17) is 11.6 Å². The fourth-order valence-electron chi connectivity index (χ4n) is 4.13. The number of halogens is 2. The first-order chi connectivity index (χ1) is 17.1. The topological polar surface area (TPSA) is 121 Å². The number of nitrogens with zero attached hydrogens (tertiary/aromatic N) is 8. The Morgan fingerprint density at radius 2 is 1.91 bits per heavy atom. The number of piperazine rings is 1. The molecule has 180 valence electrons. The molecule has 1 saturated heterocycles. The van der Waals surface area contributed by atoms with Crippen molar-refractivity contribution in [1.82, 2.24) is 24.5 Å². The molecule has 35 heavy (non-hydrogen) atoms. The molecule has 0 amide bonds. The molecule has 5 rings (SSSR count). The second-order valence-electron chi connectivity index (χ2n) is 8.66. The Kier molecular flexibility index (Phi) is 6.53. The Morgan fingerprint density at radius 1 is 1.11 bits per heavy atom. The Bertz CT molecular complexity index is 1310. The van der Waals surface area contributed by atoms with Crippen molar-refractivity contribution in [2.24, 2.45) is 0 Å². The predicted molar refractivity (Wildman–Crippen MR) is 131 cm³/mol. The molecule has 2 N–H and O–H groups in total. The molecule has 10 nitrogen and oxygen atoms in total. The maximum atomic E-state index is 12.5. The third-order valence-electron chi connectivity index (χ3n) is 6.15. The van der Waals surface area contributed by atoms with E-state index in [2.05, 4.69) is 47.6 Å². The van der Waals surface area contributed by atoms with Crippen molar-refractivity contribution < 1.29 is 4.39 Å². The van der Waals surface area contributed by atoms with Crippen LogP contribution in [0.15, 0.2) is 18.3 Å². The van der Waals surface area contributed by atoms with E-state index in [-0.39, 0.29) is 12.6 Å². The van der Waals surface area contributed by atoms with Crippen molar-refractivity contribution in [3.05, 3.63) is 34.5 Å². The van der Waals surface area contributed by atoms with Gasteiger partial charge in [-0.3, -0.25) is 9.29 Å². The zero-order valence-electron chi connectivity index (χ0n) is 19.0. The van der Waals surface area contributed by atoms with Gasteiger partial charge in [0.1, 0.15) is 11.6 Å². The van der Waals surface area contributed by atoms with Gasteiger partial charge in [-0.05, 0) is 31.4 Å². The predicted octanol–water partition coefficient (Wildman–Crippen LogP) is 3.32. The molecule has 0 atom stereocenters. The number of alkyl halides is 1. The monoisotopic (exact) mass is 494 g/mol. The fraction of sp³-hybridized carbons (Fsp3) is 0.435. The average Bonchev–Trinajstić information content (AvgIpc) is 3.60. The molecular weight excluding hydrogens is 471 g/mol. The number of fused-ring (bicyclic) bond motifs is 1. The van der Waals surface area contributed by atoms with Gasteiger partial charge in [-0.2, -0.15) is 30.1 Å². The summed E-state index contributed by atoms with van der Waals surface area (Å²) < 4.78 is 14.0. The molecule has 2 aromatic heterocycles. The number of nitrogens with one attached hydrogen (secondary N) is 2. The minimum absolute atomic E-state index is 0.247. The third kappa shape index (κ3) is 4.92. The molecule has 0 spiro atoms. The lowest BCUT2D eigenvalue weighted by atomic mass is 10.1. The summed E-state index contributed by atoms with van der Waals surface area (Å²) in [5.41, 5.74) is 2.41. The van der Waals surface area contributed by atoms with Gasteiger partial charge in [-0.25, -0.2) is 0 Å². The summed E-state index contributed by atoms with van der Waals surface area (Å²) in [6.45, 7) is 3.46. The number of rotatable bonds is 8. The molecule has 3 heterocycles. The van der Waals surface area contributed by atoms with E-state index in [1.54, 1.807) is 12.1 Å². The number of anilines is 4. The SMILES string of the molecule is N#Cc1cc(Nc2nc(NC3CC3)n3ncc(C#N)c3n2)c(Cl)c(N2CCN(CCCF)CC2)c1. The van der Waals surface area contributed by atoms with Gasteiger partial charge < -0.3 is 15.5 Å². The van der Waals surface area contributed by atoms with Crippen LogP contribution in [0.25, 0.3) is 5.65 Å². The standard InChI is InChI=1S/C23H24ClFN10/c24-20-18(10-15(12-26)11-19(20)34-8-6-33(7-9-34)5-1-4-25)30-22-31-21-16(13-27)14-28-35(21)23(32-22)29-17-2-3-17/h10-11,14,17H,1-9H2,(H2,29,30,31,32). The lowest BCUT2D eigenvalue weighted by Gasteiger charge is -2.36.